The van der Waals surface area contributed by atoms with Crippen LogP contribution in [0.2, 0.25) is 0 Å². The van der Waals surface area contributed by atoms with Crippen molar-refractivity contribution >= 4 is 28.1 Å². The van der Waals surface area contributed by atoms with E-state index in [0.717, 1.165) is 52.3 Å². The molecule has 2 aromatic heterocycles. The Kier molecular flexibility index (Phi) is 4.13. The van der Waals surface area contributed by atoms with Gasteiger partial charge in [-0.2, -0.15) is 0 Å². The van der Waals surface area contributed by atoms with Gasteiger partial charge in [-0.15, -0.1) is 4.91 Å². The van der Waals surface area contributed by atoms with Gasteiger partial charge >= 0.3 is 0 Å². The van der Waals surface area contributed by atoms with Gasteiger partial charge in [0.25, 0.3) is 0 Å². The van der Waals surface area contributed by atoms with E-state index in [1.165, 1.54) is 0 Å². The van der Waals surface area contributed by atoms with E-state index in [2.05, 4.69) is 15.1 Å². The summed E-state index contributed by atoms with van der Waals surface area (Å²) >= 11 is 0. The number of hydrogen-bond acceptors (Lipinski definition) is 7. The molecular formula is C22H17N5O2. The van der Waals surface area contributed by atoms with Gasteiger partial charge in [-0.3, -0.25) is 4.98 Å². The van der Waals surface area contributed by atoms with Gasteiger partial charge in [0.2, 0.25) is 0 Å². The van der Waals surface area contributed by atoms with Crippen LogP contribution in [0.1, 0.15) is 5.56 Å². The summed E-state index contributed by atoms with van der Waals surface area (Å²) in [6.45, 7) is 0.757. The van der Waals surface area contributed by atoms with Gasteiger partial charge in [0, 0.05) is 35.6 Å². The molecule has 4 aromatic rings. The van der Waals surface area contributed by atoms with Crippen LogP contribution in [-0.4, -0.2) is 28.6 Å². The molecule has 0 fully saturated rings. The summed E-state index contributed by atoms with van der Waals surface area (Å²) in [5.41, 5.74) is 4.23. The number of fused-ring (bicyclic) bond motifs is 2. The highest BCUT2D eigenvalue weighted by Crippen LogP contribution is 2.39. The number of rotatable bonds is 4. The molecule has 1 aliphatic heterocycles. The van der Waals surface area contributed by atoms with Crippen molar-refractivity contribution in [1.82, 2.24) is 15.0 Å². The second kappa shape index (κ2) is 6.94. The maximum Gasteiger partial charge on any atom is 0.163 e. The molecule has 29 heavy (non-hydrogen) atoms. The van der Waals surface area contributed by atoms with Gasteiger partial charge in [0.15, 0.2) is 5.82 Å². The molecule has 0 bridgehead atoms. The van der Waals surface area contributed by atoms with Crippen LogP contribution in [0.25, 0.3) is 22.3 Å². The minimum Gasteiger partial charge on any atom is -0.497 e. The lowest BCUT2D eigenvalue weighted by Gasteiger charge is -2.21. The Labute approximate surface area is 167 Å². The number of aromatic nitrogens is 3. The number of anilines is 2. The molecule has 0 amide bonds. The van der Waals surface area contributed by atoms with Crippen LogP contribution in [-0.2, 0) is 6.42 Å². The maximum absolute atomic E-state index is 10.9. The largest absolute Gasteiger partial charge is 0.497 e. The minimum absolute atomic E-state index is 0.441. The van der Waals surface area contributed by atoms with Crippen LogP contribution in [0.3, 0.4) is 0 Å². The Morgan fingerprint density at radius 3 is 2.83 bits per heavy atom. The second-order valence-electron chi connectivity index (χ2n) is 6.80. The van der Waals surface area contributed by atoms with Crippen LogP contribution in [0.4, 0.5) is 17.2 Å². The van der Waals surface area contributed by atoms with Gasteiger partial charge in [-0.1, -0.05) is 0 Å². The molecule has 0 saturated carbocycles. The monoisotopic (exact) mass is 383 g/mol. The highest BCUT2D eigenvalue weighted by Gasteiger charge is 2.25. The Bertz CT molecular complexity index is 1230. The van der Waals surface area contributed by atoms with E-state index in [1.54, 1.807) is 25.6 Å². The normalized spacial score (nSPS) is 12.8. The summed E-state index contributed by atoms with van der Waals surface area (Å²) in [5.74, 6) is 2.17. The maximum atomic E-state index is 10.9. The van der Waals surface area contributed by atoms with Crippen molar-refractivity contribution in [1.29, 1.82) is 0 Å². The number of benzene rings is 2. The zero-order valence-electron chi connectivity index (χ0n) is 15.7. The number of pyridine rings is 1. The predicted octanol–water partition coefficient (Wildman–Crippen LogP) is 4.79. The first-order valence-electron chi connectivity index (χ1n) is 9.27. The number of nitroso groups, excluding NO2 is 1. The van der Waals surface area contributed by atoms with Crippen molar-refractivity contribution in [3.05, 3.63) is 71.4 Å². The summed E-state index contributed by atoms with van der Waals surface area (Å²) < 4.78 is 5.42. The third kappa shape index (κ3) is 2.97. The molecule has 0 atom stereocenters. The average Bonchev–Trinajstić information content (AvgIpc) is 3.21. The highest BCUT2D eigenvalue weighted by atomic mass is 16.5. The minimum atomic E-state index is 0.441. The first-order chi connectivity index (χ1) is 14.3. The zero-order valence-corrected chi connectivity index (χ0v) is 15.7. The Morgan fingerprint density at radius 2 is 2.03 bits per heavy atom. The van der Waals surface area contributed by atoms with Gasteiger partial charge < -0.3 is 9.64 Å². The number of ether oxygens (including phenoxy) is 1. The van der Waals surface area contributed by atoms with E-state index in [4.69, 9.17) is 14.7 Å². The quantitative estimate of drug-likeness (QED) is 0.471. The fourth-order valence-electron chi connectivity index (χ4n) is 3.71. The second-order valence-corrected chi connectivity index (χ2v) is 6.80. The number of nitrogens with zero attached hydrogens (tertiary/aromatic N) is 5. The van der Waals surface area contributed by atoms with Crippen molar-refractivity contribution < 1.29 is 4.74 Å². The zero-order chi connectivity index (χ0) is 19.8. The molecule has 2 aromatic carbocycles. The Balaban J connectivity index is 1.73. The molecule has 7 nitrogen and oxygen atoms in total. The fraction of sp³-hybridized carbons (Fsp3) is 0.136. The van der Waals surface area contributed by atoms with E-state index >= 15 is 0 Å². The van der Waals surface area contributed by atoms with E-state index in [9.17, 15) is 4.91 Å². The summed E-state index contributed by atoms with van der Waals surface area (Å²) in [6, 6.07) is 15.1. The van der Waals surface area contributed by atoms with Gasteiger partial charge in [0.1, 0.15) is 17.3 Å². The topological polar surface area (TPSA) is 80.6 Å². The summed E-state index contributed by atoms with van der Waals surface area (Å²) in [4.78, 5) is 26.9. The van der Waals surface area contributed by atoms with E-state index < -0.39 is 0 Å². The summed E-state index contributed by atoms with van der Waals surface area (Å²) in [6.07, 6.45) is 4.30. The molecule has 0 radical (unpaired) electrons. The fourth-order valence-corrected chi connectivity index (χ4v) is 3.71. The van der Waals surface area contributed by atoms with Gasteiger partial charge in [-0.05, 0) is 65.7 Å². The van der Waals surface area contributed by atoms with E-state index in [-0.39, 0.29) is 0 Å². The molecule has 0 spiro atoms. The SMILES string of the molecule is COc1ccc2nc(-c3cccnc3)nc(N3CCc4cc(N=O)ccc43)c2c1. The van der Waals surface area contributed by atoms with E-state index in [0.29, 0.717) is 11.5 Å². The van der Waals surface area contributed by atoms with Crippen LogP contribution >= 0.6 is 0 Å². The lowest BCUT2D eigenvalue weighted by molar-refractivity contribution is 0.415. The van der Waals surface area contributed by atoms with Crippen molar-refractivity contribution in [2.75, 3.05) is 18.6 Å². The Hall–Kier alpha value is -3.87. The Morgan fingerprint density at radius 1 is 1.10 bits per heavy atom. The predicted molar refractivity (Wildman–Crippen MR) is 112 cm³/mol. The van der Waals surface area contributed by atoms with Crippen molar-refractivity contribution in [2.45, 2.75) is 6.42 Å². The molecule has 0 aliphatic carbocycles. The molecule has 142 valence electrons. The number of methoxy groups -OCH3 is 1. The number of hydrogen-bond donors (Lipinski definition) is 0. The summed E-state index contributed by atoms with van der Waals surface area (Å²) in [5, 5.41) is 3.96. The van der Waals surface area contributed by atoms with Crippen LogP contribution in [0.5, 0.6) is 5.75 Å². The highest BCUT2D eigenvalue weighted by molar-refractivity contribution is 5.94. The standard InChI is InChI=1S/C22H17N5O2/c1-29-17-5-6-19-18(12-17)22(25-21(24-19)15-3-2-9-23-13-15)27-10-8-14-11-16(26-28)4-7-20(14)27/h2-7,9,11-13H,8,10H2,1H3. The lowest BCUT2D eigenvalue weighted by Crippen LogP contribution is -2.16. The smallest absolute Gasteiger partial charge is 0.163 e. The molecule has 7 heteroatoms. The van der Waals surface area contributed by atoms with Crippen LogP contribution in [0, 0.1) is 4.91 Å². The van der Waals surface area contributed by atoms with Crippen LogP contribution < -0.4 is 9.64 Å². The molecule has 0 N–H and O–H groups in total. The van der Waals surface area contributed by atoms with Crippen LogP contribution in [0.15, 0.2) is 66.1 Å². The van der Waals surface area contributed by atoms with E-state index in [1.807, 2.05) is 42.5 Å². The molecule has 5 rings (SSSR count). The van der Waals surface area contributed by atoms with Crippen molar-refractivity contribution in [3.63, 3.8) is 0 Å². The van der Waals surface area contributed by atoms with Crippen molar-refractivity contribution in [2.24, 2.45) is 5.18 Å². The third-order valence-electron chi connectivity index (χ3n) is 5.12. The molecular weight excluding hydrogens is 366 g/mol. The first-order valence-corrected chi connectivity index (χ1v) is 9.27. The first kappa shape index (κ1) is 17.2. The van der Waals surface area contributed by atoms with Gasteiger partial charge in [-0.25, -0.2) is 9.97 Å². The summed E-state index contributed by atoms with van der Waals surface area (Å²) in [7, 11) is 1.64. The third-order valence-corrected chi connectivity index (χ3v) is 5.12. The molecule has 0 saturated heterocycles. The molecule has 1 aliphatic rings. The van der Waals surface area contributed by atoms with Crippen molar-refractivity contribution in [3.8, 4) is 17.1 Å². The average molecular weight is 383 g/mol. The lowest BCUT2D eigenvalue weighted by atomic mass is 10.1. The molecule has 3 heterocycles. The van der Waals surface area contributed by atoms with Gasteiger partial charge in [0.05, 0.1) is 12.6 Å². The molecule has 0 unspecified atom stereocenters.